The molecule has 6 nitrogen and oxygen atoms in total. The summed E-state index contributed by atoms with van der Waals surface area (Å²) in [6.07, 6.45) is 2.10. The van der Waals surface area contributed by atoms with Crippen LogP contribution in [0.15, 0.2) is 0 Å². The molecule has 3 atom stereocenters. The zero-order valence-corrected chi connectivity index (χ0v) is 10.6. The SMILES string of the molecule is CC1(C(=O)N2CC(O)CC2C(=O)O)CCCCN1. The molecule has 3 N–H and O–H groups in total. The van der Waals surface area contributed by atoms with Crippen molar-refractivity contribution in [1.82, 2.24) is 10.2 Å². The van der Waals surface area contributed by atoms with Crippen LogP contribution < -0.4 is 5.32 Å². The molecule has 6 heteroatoms. The second-order valence-corrected chi connectivity index (χ2v) is 5.42. The predicted octanol–water partition coefficient (Wildman–Crippen LogP) is -0.435. The van der Waals surface area contributed by atoms with E-state index in [4.69, 9.17) is 5.11 Å². The summed E-state index contributed by atoms with van der Waals surface area (Å²) >= 11 is 0. The van der Waals surface area contributed by atoms with Crippen LogP contribution in [0.25, 0.3) is 0 Å². The number of rotatable bonds is 2. The maximum atomic E-state index is 12.5. The van der Waals surface area contributed by atoms with Gasteiger partial charge in [0.2, 0.25) is 5.91 Å². The molecule has 0 saturated carbocycles. The third kappa shape index (κ3) is 2.35. The Kier molecular flexibility index (Phi) is 3.59. The lowest BCUT2D eigenvalue weighted by Gasteiger charge is -2.37. The molecule has 2 aliphatic heterocycles. The van der Waals surface area contributed by atoms with Gasteiger partial charge in [0.1, 0.15) is 6.04 Å². The first-order valence-electron chi connectivity index (χ1n) is 6.41. The highest BCUT2D eigenvalue weighted by Crippen LogP contribution is 2.26. The van der Waals surface area contributed by atoms with Gasteiger partial charge in [-0.3, -0.25) is 4.79 Å². The molecule has 0 aromatic heterocycles. The molecule has 2 saturated heterocycles. The van der Waals surface area contributed by atoms with Crippen molar-refractivity contribution in [3.8, 4) is 0 Å². The number of amides is 1. The van der Waals surface area contributed by atoms with Gasteiger partial charge in [-0.1, -0.05) is 0 Å². The number of hydrogen-bond donors (Lipinski definition) is 3. The van der Waals surface area contributed by atoms with Crippen molar-refractivity contribution in [3.63, 3.8) is 0 Å². The van der Waals surface area contributed by atoms with Crippen molar-refractivity contribution in [2.45, 2.75) is 50.3 Å². The topological polar surface area (TPSA) is 89.9 Å². The van der Waals surface area contributed by atoms with Gasteiger partial charge in [0.05, 0.1) is 11.6 Å². The first-order valence-corrected chi connectivity index (χ1v) is 6.41. The Morgan fingerprint density at radius 2 is 2.11 bits per heavy atom. The van der Waals surface area contributed by atoms with E-state index in [-0.39, 0.29) is 18.9 Å². The highest BCUT2D eigenvalue weighted by Gasteiger charge is 2.45. The van der Waals surface area contributed by atoms with Crippen LogP contribution in [0.1, 0.15) is 32.6 Å². The van der Waals surface area contributed by atoms with E-state index >= 15 is 0 Å². The summed E-state index contributed by atoms with van der Waals surface area (Å²) in [5.41, 5.74) is -0.685. The number of carbonyl (C=O) groups excluding carboxylic acids is 1. The highest BCUT2D eigenvalue weighted by molar-refractivity contribution is 5.90. The average Bonchev–Trinajstić information content (AvgIpc) is 2.71. The van der Waals surface area contributed by atoms with Crippen molar-refractivity contribution < 1.29 is 19.8 Å². The predicted molar refractivity (Wildman–Crippen MR) is 64.0 cm³/mol. The van der Waals surface area contributed by atoms with E-state index in [0.29, 0.717) is 6.42 Å². The van der Waals surface area contributed by atoms with Crippen LogP contribution >= 0.6 is 0 Å². The number of piperidine rings is 1. The number of carboxylic acids is 1. The second kappa shape index (κ2) is 4.85. The van der Waals surface area contributed by atoms with E-state index in [1.807, 2.05) is 6.92 Å². The molecule has 0 aliphatic carbocycles. The molecular weight excluding hydrogens is 236 g/mol. The molecule has 0 radical (unpaired) electrons. The van der Waals surface area contributed by atoms with Crippen molar-refractivity contribution in [2.24, 2.45) is 0 Å². The number of aliphatic hydroxyl groups excluding tert-OH is 1. The summed E-state index contributed by atoms with van der Waals surface area (Å²) in [6.45, 7) is 2.71. The second-order valence-electron chi connectivity index (χ2n) is 5.42. The Bertz CT molecular complexity index is 352. The van der Waals surface area contributed by atoms with Gasteiger partial charge in [-0.2, -0.15) is 0 Å². The number of nitrogens with zero attached hydrogens (tertiary/aromatic N) is 1. The molecule has 0 spiro atoms. The molecule has 102 valence electrons. The van der Waals surface area contributed by atoms with Gasteiger partial charge in [0.25, 0.3) is 0 Å². The van der Waals surface area contributed by atoms with Gasteiger partial charge < -0.3 is 20.4 Å². The lowest BCUT2D eigenvalue weighted by molar-refractivity contribution is -0.151. The Morgan fingerprint density at radius 3 is 2.67 bits per heavy atom. The van der Waals surface area contributed by atoms with Gasteiger partial charge >= 0.3 is 5.97 Å². The first-order chi connectivity index (χ1) is 8.44. The maximum absolute atomic E-state index is 12.5. The van der Waals surface area contributed by atoms with Crippen LogP contribution in [-0.4, -0.2) is 57.8 Å². The fourth-order valence-corrected chi connectivity index (χ4v) is 2.83. The minimum absolute atomic E-state index is 0.118. The number of aliphatic carboxylic acids is 1. The van der Waals surface area contributed by atoms with Crippen molar-refractivity contribution in [3.05, 3.63) is 0 Å². The van der Waals surface area contributed by atoms with Crippen LogP contribution in [0.4, 0.5) is 0 Å². The molecule has 0 aromatic carbocycles. The minimum Gasteiger partial charge on any atom is -0.480 e. The molecule has 18 heavy (non-hydrogen) atoms. The van der Waals surface area contributed by atoms with E-state index in [9.17, 15) is 14.7 Å². The summed E-state index contributed by atoms with van der Waals surface area (Å²) in [5, 5.41) is 21.9. The Labute approximate surface area is 106 Å². The fraction of sp³-hybridized carbons (Fsp3) is 0.833. The Balaban J connectivity index is 2.14. The average molecular weight is 256 g/mol. The molecule has 2 aliphatic rings. The number of nitrogens with one attached hydrogen (secondary N) is 1. The van der Waals surface area contributed by atoms with Crippen LogP contribution in [0.5, 0.6) is 0 Å². The smallest absolute Gasteiger partial charge is 0.326 e. The number of carboxylic acid groups (broad SMARTS) is 1. The highest BCUT2D eigenvalue weighted by atomic mass is 16.4. The van der Waals surface area contributed by atoms with Gasteiger partial charge in [-0.15, -0.1) is 0 Å². The number of likely N-dealkylation sites (tertiary alicyclic amines) is 1. The number of β-amino-alcohol motifs (C(OH)–C–C–N with tert-alkyl or cyclic N) is 1. The summed E-state index contributed by atoms with van der Waals surface area (Å²) in [4.78, 5) is 24.9. The van der Waals surface area contributed by atoms with Crippen LogP contribution in [0, 0.1) is 0 Å². The Hall–Kier alpha value is -1.14. The monoisotopic (exact) mass is 256 g/mol. The van der Waals surface area contributed by atoms with Crippen molar-refractivity contribution >= 4 is 11.9 Å². The van der Waals surface area contributed by atoms with Crippen molar-refractivity contribution in [1.29, 1.82) is 0 Å². The van der Waals surface area contributed by atoms with Gasteiger partial charge in [0, 0.05) is 13.0 Å². The van der Waals surface area contributed by atoms with Gasteiger partial charge in [-0.25, -0.2) is 4.79 Å². The minimum atomic E-state index is -1.04. The summed E-state index contributed by atoms with van der Waals surface area (Å²) in [6, 6.07) is -0.895. The first kappa shape index (κ1) is 13.3. The van der Waals surface area contributed by atoms with Gasteiger partial charge in [-0.05, 0) is 32.7 Å². The van der Waals surface area contributed by atoms with Crippen LogP contribution in [0.2, 0.25) is 0 Å². The zero-order valence-electron chi connectivity index (χ0n) is 10.6. The normalized spacial score (nSPS) is 36.7. The third-order valence-corrected chi connectivity index (χ3v) is 3.92. The quantitative estimate of drug-likeness (QED) is 0.623. The Morgan fingerprint density at radius 1 is 1.39 bits per heavy atom. The van der Waals surface area contributed by atoms with Crippen molar-refractivity contribution in [2.75, 3.05) is 13.1 Å². The van der Waals surface area contributed by atoms with Crippen LogP contribution in [-0.2, 0) is 9.59 Å². The van der Waals surface area contributed by atoms with E-state index in [0.717, 1.165) is 19.4 Å². The van der Waals surface area contributed by atoms with E-state index in [2.05, 4.69) is 5.32 Å². The zero-order chi connectivity index (χ0) is 13.3. The molecular formula is C12H20N2O4. The number of aliphatic hydroxyl groups is 1. The number of hydrogen-bond acceptors (Lipinski definition) is 4. The summed E-state index contributed by atoms with van der Waals surface area (Å²) in [5.74, 6) is -1.24. The molecule has 0 bridgehead atoms. The maximum Gasteiger partial charge on any atom is 0.326 e. The van der Waals surface area contributed by atoms with Gasteiger partial charge in [0.15, 0.2) is 0 Å². The summed E-state index contributed by atoms with van der Waals surface area (Å²) in [7, 11) is 0. The standard InChI is InChI=1S/C12H20N2O4/c1-12(4-2-3-5-13-12)11(18)14-7-8(15)6-9(14)10(16)17/h8-9,13,15H,2-7H2,1H3,(H,16,17). The van der Waals surface area contributed by atoms with E-state index in [1.165, 1.54) is 4.90 Å². The lowest BCUT2D eigenvalue weighted by atomic mass is 9.89. The molecule has 3 unspecified atom stereocenters. The lowest BCUT2D eigenvalue weighted by Crippen LogP contribution is -2.59. The molecule has 2 rings (SSSR count). The molecule has 1 amide bonds. The third-order valence-electron chi connectivity index (χ3n) is 3.92. The largest absolute Gasteiger partial charge is 0.480 e. The molecule has 2 heterocycles. The summed E-state index contributed by atoms with van der Waals surface area (Å²) < 4.78 is 0. The molecule has 2 fully saturated rings. The molecule has 0 aromatic rings. The fourth-order valence-electron chi connectivity index (χ4n) is 2.83. The van der Waals surface area contributed by atoms with E-state index in [1.54, 1.807) is 0 Å². The van der Waals surface area contributed by atoms with E-state index < -0.39 is 23.7 Å². The van der Waals surface area contributed by atoms with Crippen LogP contribution in [0.3, 0.4) is 0 Å². The number of carbonyl (C=O) groups is 2.